The number of carboxylic acid groups (broad SMARTS) is 2. The molecule has 0 spiro atoms. The summed E-state index contributed by atoms with van der Waals surface area (Å²) in [5.74, 6) is -3.57. The highest BCUT2D eigenvalue weighted by Crippen LogP contribution is 2.10. The Morgan fingerprint density at radius 2 is 1.52 bits per heavy atom. The van der Waals surface area contributed by atoms with Gasteiger partial charge in [-0.1, -0.05) is 0 Å². The van der Waals surface area contributed by atoms with E-state index in [0.717, 1.165) is 32.7 Å². The average Bonchev–Trinajstić information content (AvgIpc) is 2.70. The van der Waals surface area contributed by atoms with Crippen LogP contribution in [0.15, 0.2) is 49.1 Å². The van der Waals surface area contributed by atoms with E-state index in [9.17, 15) is 4.79 Å². The summed E-state index contributed by atoms with van der Waals surface area (Å²) >= 11 is 0. The van der Waals surface area contributed by atoms with Gasteiger partial charge in [0.2, 0.25) is 0 Å². The van der Waals surface area contributed by atoms with E-state index in [1.807, 2.05) is 35.5 Å². The fourth-order valence-corrected chi connectivity index (χ4v) is 2.53. The van der Waals surface area contributed by atoms with Crippen LogP contribution < -0.4 is 0 Å². The quantitative estimate of drug-likeness (QED) is 0.750. The van der Waals surface area contributed by atoms with Crippen molar-refractivity contribution in [3.63, 3.8) is 0 Å². The molecule has 0 radical (unpaired) electrons. The lowest BCUT2D eigenvalue weighted by molar-refractivity contribution is -0.159. The number of carboxylic acids is 2. The van der Waals surface area contributed by atoms with Crippen molar-refractivity contribution in [2.24, 2.45) is 0 Å². The number of pyridine rings is 2. The van der Waals surface area contributed by atoms with Crippen molar-refractivity contribution in [2.75, 3.05) is 26.2 Å². The molecule has 1 aliphatic rings. The van der Waals surface area contributed by atoms with Crippen molar-refractivity contribution in [3.8, 4) is 0 Å². The van der Waals surface area contributed by atoms with Gasteiger partial charge in [-0.25, -0.2) is 9.59 Å². The predicted octanol–water partition coefficient (Wildman–Crippen LogP) is 0.590. The molecular formula is C18H20N4O5. The summed E-state index contributed by atoms with van der Waals surface area (Å²) in [6.07, 6.45) is 6.95. The second kappa shape index (κ2) is 9.97. The van der Waals surface area contributed by atoms with Crippen molar-refractivity contribution >= 4 is 17.8 Å². The van der Waals surface area contributed by atoms with Gasteiger partial charge in [-0.2, -0.15) is 0 Å². The smallest absolute Gasteiger partial charge is 0.414 e. The average molecular weight is 372 g/mol. The van der Waals surface area contributed by atoms with Gasteiger partial charge < -0.3 is 15.1 Å². The van der Waals surface area contributed by atoms with Crippen molar-refractivity contribution < 1.29 is 24.6 Å². The van der Waals surface area contributed by atoms with Crippen LogP contribution in [0, 0.1) is 0 Å². The standard InChI is InChI=1S/C16H18N4O.C2H2O4/c21-16(15-2-1-5-18-12-15)20-10-8-19(9-11-20)13-14-3-6-17-7-4-14;3-1(4)2(5)6/h1-7,12H,8-11,13H2;(H,3,4)(H,5,6). The maximum absolute atomic E-state index is 12.3. The molecule has 0 saturated carbocycles. The van der Waals surface area contributed by atoms with Gasteiger partial charge in [-0.3, -0.25) is 19.7 Å². The van der Waals surface area contributed by atoms with Crippen LogP contribution in [0.5, 0.6) is 0 Å². The summed E-state index contributed by atoms with van der Waals surface area (Å²) in [6, 6.07) is 7.69. The third kappa shape index (κ3) is 6.48. The van der Waals surface area contributed by atoms with Crippen molar-refractivity contribution in [1.29, 1.82) is 0 Å². The molecule has 2 N–H and O–H groups in total. The Hall–Kier alpha value is -3.33. The molecule has 9 nitrogen and oxygen atoms in total. The number of hydrogen-bond acceptors (Lipinski definition) is 6. The minimum atomic E-state index is -1.82. The van der Waals surface area contributed by atoms with Crippen LogP contribution in [0.25, 0.3) is 0 Å². The van der Waals surface area contributed by atoms with Crippen LogP contribution in [0.1, 0.15) is 15.9 Å². The molecule has 3 rings (SSSR count). The number of carbonyl (C=O) groups is 3. The molecule has 0 unspecified atom stereocenters. The molecule has 2 aromatic rings. The molecule has 1 aliphatic heterocycles. The predicted molar refractivity (Wildman–Crippen MR) is 94.9 cm³/mol. The Morgan fingerprint density at radius 3 is 2.04 bits per heavy atom. The molecule has 0 aromatic carbocycles. The summed E-state index contributed by atoms with van der Waals surface area (Å²) in [5.41, 5.74) is 1.93. The van der Waals surface area contributed by atoms with Crippen LogP contribution in [0.4, 0.5) is 0 Å². The highest BCUT2D eigenvalue weighted by molar-refractivity contribution is 6.27. The summed E-state index contributed by atoms with van der Waals surface area (Å²) in [4.78, 5) is 42.8. The third-order valence-electron chi connectivity index (χ3n) is 3.91. The van der Waals surface area contributed by atoms with Crippen LogP contribution in [0.3, 0.4) is 0 Å². The second-order valence-electron chi connectivity index (χ2n) is 5.78. The summed E-state index contributed by atoms with van der Waals surface area (Å²) in [5, 5.41) is 14.8. The number of carbonyl (C=O) groups excluding carboxylic acids is 1. The SMILES string of the molecule is O=C(O)C(=O)O.O=C(c1cccnc1)N1CCN(Cc2ccncc2)CC1. The van der Waals surface area contributed by atoms with Gasteiger partial charge in [-0.15, -0.1) is 0 Å². The van der Waals surface area contributed by atoms with Crippen LogP contribution in [-0.2, 0) is 16.1 Å². The molecule has 9 heteroatoms. The number of aromatic nitrogens is 2. The highest BCUT2D eigenvalue weighted by Gasteiger charge is 2.22. The largest absolute Gasteiger partial charge is 0.473 e. The van der Waals surface area contributed by atoms with Crippen LogP contribution in [-0.4, -0.2) is 74.0 Å². The Kier molecular flexibility index (Phi) is 7.38. The molecular weight excluding hydrogens is 352 g/mol. The van der Waals surface area contributed by atoms with Gasteiger partial charge in [-0.05, 0) is 29.8 Å². The molecule has 3 heterocycles. The van der Waals surface area contributed by atoms with Crippen LogP contribution in [0.2, 0.25) is 0 Å². The number of rotatable bonds is 3. The van der Waals surface area contributed by atoms with E-state index in [0.29, 0.717) is 5.56 Å². The molecule has 1 amide bonds. The fraction of sp³-hybridized carbons (Fsp3) is 0.278. The third-order valence-corrected chi connectivity index (χ3v) is 3.91. The molecule has 0 aliphatic carbocycles. The van der Waals surface area contributed by atoms with Gasteiger partial charge in [0.1, 0.15) is 0 Å². The number of piperazine rings is 1. The number of hydrogen-bond donors (Lipinski definition) is 2. The van der Waals surface area contributed by atoms with E-state index in [2.05, 4.69) is 14.9 Å². The van der Waals surface area contributed by atoms with Crippen molar-refractivity contribution in [2.45, 2.75) is 6.54 Å². The van der Waals surface area contributed by atoms with E-state index >= 15 is 0 Å². The molecule has 142 valence electrons. The topological polar surface area (TPSA) is 124 Å². The molecule has 27 heavy (non-hydrogen) atoms. The molecule has 0 atom stereocenters. The van der Waals surface area contributed by atoms with E-state index in [4.69, 9.17) is 19.8 Å². The Labute approximate surface area is 155 Å². The van der Waals surface area contributed by atoms with Crippen molar-refractivity contribution in [1.82, 2.24) is 19.8 Å². The first-order valence-corrected chi connectivity index (χ1v) is 8.24. The summed E-state index contributed by atoms with van der Waals surface area (Å²) in [6.45, 7) is 4.23. The van der Waals surface area contributed by atoms with Gasteiger partial charge in [0.15, 0.2) is 0 Å². The number of aliphatic carboxylic acids is 2. The first-order valence-electron chi connectivity index (χ1n) is 8.24. The number of amides is 1. The maximum Gasteiger partial charge on any atom is 0.414 e. The Bertz CT molecular complexity index is 750. The minimum Gasteiger partial charge on any atom is -0.473 e. The fourth-order valence-electron chi connectivity index (χ4n) is 2.53. The first-order chi connectivity index (χ1) is 13.0. The summed E-state index contributed by atoms with van der Waals surface area (Å²) < 4.78 is 0. The normalized spacial score (nSPS) is 14.0. The minimum absolute atomic E-state index is 0.0756. The van der Waals surface area contributed by atoms with Gasteiger partial charge in [0, 0.05) is 57.5 Å². The highest BCUT2D eigenvalue weighted by atomic mass is 16.4. The molecule has 1 saturated heterocycles. The molecule has 0 bridgehead atoms. The van der Waals surface area contributed by atoms with Crippen molar-refractivity contribution in [3.05, 3.63) is 60.2 Å². The Morgan fingerprint density at radius 1 is 0.889 bits per heavy atom. The van der Waals surface area contributed by atoms with E-state index in [1.165, 1.54) is 5.56 Å². The lowest BCUT2D eigenvalue weighted by Crippen LogP contribution is -2.48. The zero-order valence-electron chi connectivity index (χ0n) is 14.6. The second-order valence-corrected chi connectivity index (χ2v) is 5.78. The number of nitrogens with zero attached hydrogens (tertiary/aromatic N) is 4. The van der Waals surface area contributed by atoms with Gasteiger partial charge >= 0.3 is 11.9 Å². The van der Waals surface area contributed by atoms with E-state index in [-0.39, 0.29) is 5.91 Å². The zero-order chi connectivity index (χ0) is 19.6. The van der Waals surface area contributed by atoms with Gasteiger partial charge in [0.05, 0.1) is 5.56 Å². The Balaban J connectivity index is 0.000000380. The lowest BCUT2D eigenvalue weighted by atomic mass is 10.2. The van der Waals surface area contributed by atoms with Gasteiger partial charge in [0.25, 0.3) is 5.91 Å². The van der Waals surface area contributed by atoms with E-state index in [1.54, 1.807) is 18.5 Å². The molecule has 1 fully saturated rings. The monoisotopic (exact) mass is 372 g/mol. The first kappa shape index (κ1) is 20.0. The lowest BCUT2D eigenvalue weighted by Gasteiger charge is -2.34. The maximum atomic E-state index is 12.3. The molecule has 2 aromatic heterocycles. The van der Waals surface area contributed by atoms with Crippen LogP contribution >= 0.6 is 0 Å². The van der Waals surface area contributed by atoms with E-state index < -0.39 is 11.9 Å². The summed E-state index contributed by atoms with van der Waals surface area (Å²) in [7, 11) is 0. The zero-order valence-corrected chi connectivity index (χ0v) is 14.6.